The number of amides is 2. The van der Waals surface area contributed by atoms with Gasteiger partial charge in [0.05, 0.1) is 26.1 Å². The molecular formula is C19H26N2O5. The molecule has 0 N–H and O–H groups in total. The molecule has 0 spiro atoms. The normalized spacial score (nSPS) is 20.5. The van der Waals surface area contributed by atoms with Crippen LogP contribution in [-0.2, 0) is 14.3 Å². The van der Waals surface area contributed by atoms with Gasteiger partial charge in [0, 0.05) is 26.3 Å². The van der Waals surface area contributed by atoms with E-state index >= 15 is 0 Å². The molecule has 26 heavy (non-hydrogen) atoms. The quantitative estimate of drug-likeness (QED) is 0.760. The molecule has 0 radical (unpaired) electrons. The van der Waals surface area contributed by atoms with Crippen molar-refractivity contribution < 1.29 is 23.8 Å². The van der Waals surface area contributed by atoms with Crippen LogP contribution in [0.3, 0.4) is 0 Å². The van der Waals surface area contributed by atoms with Gasteiger partial charge < -0.3 is 24.0 Å². The monoisotopic (exact) mass is 362 g/mol. The number of hydrogen-bond acceptors (Lipinski definition) is 5. The van der Waals surface area contributed by atoms with E-state index in [1.807, 2.05) is 29.2 Å². The van der Waals surface area contributed by atoms with Crippen molar-refractivity contribution in [3.05, 3.63) is 24.3 Å². The fourth-order valence-corrected chi connectivity index (χ4v) is 3.44. The lowest BCUT2D eigenvalue weighted by Crippen LogP contribution is -2.59. The van der Waals surface area contributed by atoms with Crippen molar-refractivity contribution in [3.63, 3.8) is 0 Å². The Morgan fingerprint density at radius 3 is 2.62 bits per heavy atom. The maximum Gasteiger partial charge on any atom is 0.248 e. The van der Waals surface area contributed by atoms with E-state index in [9.17, 15) is 9.59 Å². The fourth-order valence-electron chi connectivity index (χ4n) is 3.44. The second-order valence-corrected chi connectivity index (χ2v) is 6.77. The molecule has 1 aromatic carbocycles. The van der Waals surface area contributed by atoms with Gasteiger partial charge in [0.15, 0.2) is 0 Å². The number of likely N-dealkylation sites (tertiary alicyclic amines) is 2. The standard InChI is InChI=1S/C19H26N2O5/c1-24-13-18(22)20-8-4-5-14(10-20)19(23)21-11-17(12-21)26-16-7-3-6-15(9-16)25-2/h3,6-7,9,14,17H,4-5,8,10-13H2,1-2H3/t14-/m0/s1. The highest BCUT2D eigenvalue weighted by atomic mass is 16.5. The van der Waals surface area contributed by atoms with Crippen molar-refractivity contribution in [3.8, 4) is 11.5 Å². The molecule has 2 amide bonds. The molecule has 0 aliphatic carbocycles. The predicted molar refractivity (Wildman–Crippen MR) is 95.2 cm³/mol. The highest BCUT2D eigenvalue weighted by Gasteiger charge is 2.38. The van der Waals surface area contributed by atoms with Crippen molar-refractivity contribution in [1.82, 2.24) is 9.80 Å². The van der Waals surface area contributed by atoms with Gasteiger partial charge in [-0.1, -0.05) is 6.07 Å². The van der Waals surface area contributed by atoms with Gasteiger partial charge in [-0.3, -0.25) is 9.59 Å². The number of carbonyl (C=O) groups excluding carboxylic acids is 2. The first kappa shape index (κ1) is 18.5. The lowest BCUT2D eigenvalue weighted by molar-refractivity contribution is -0.148. The van der Waals surface area contributed by atoms with Gasteiger partial charge in [-0.25, -0.2) is 0 Å². The van der Waals surface area contributed by atoms with Crippen LogP contribution < -0.4 is 9.47 Å². The van der Waals surface area contributed by atoms with E-state index < -0.39 is 0 Å². The van der Waals surface area contributed by atoms with Crippen LogP contribution in [0, 0.1) is 5.92 Å². The zero-order valence-electron chi connectivity index (χ0n) is 15.3. The highest BCUT2D eigenvalue weighted by Crippen LogP contribution is 2.25. The van der Waals surface area contributed by atoms with Gasteiger partial charge >= 0.3 is 0 Å². The molecule has 0 unspecified atom stereocenters. The lowest BCUT2D eigenvalue weighted by Gasteiger charge is -2.42. The Bertz CT molecular complexity index is 645. The molecule has 2 saturated heterocycles. The van der Waals surface area contributed by atoms with Crippen molar-refractivity contribution in [2.24, 2.45) is 5.92 Å². The minimum atomic E-state index is -0.123. The molecule has 2 heterocycles. The van der Waals surface area contributed by atoms with Gasteiger partial charge in [0.1, 0.15) is 24.2 Å². The minimum absolute atomic E-state index is 0.000808. The highest BCUT2D eigenvalue weighted by molar-refractivity contribution is 5.82. The topological polar surface area (TPSA) is 68.3 Å². The summed E-state index contributed by atoms with van der Waals surface area (Å²) in [6.07, 6.45) is 1.68. The summed E-state index contributed by atoms with van der Waals surface area (Å²) >= 11 is 0. The summed E-state index contributed by atoms with van der Waals surface area (Å²) in [4.78, 5) is 28.2. The third-order valence-electron chi connectivity index (χ3n) is 4.89. The minimum Gasteiger partial charge on any atom is -0.497 e. The number of nitrogens with zero attached hydrogens (tertiary/aromatic N) is 2. The smallest absolute Gasteiger partial charge is 0.248 e. The molecule has 0 bridgehead atoms. The summed E-state index contributed by atoms with van der Waals surface area (Å²) < 4.78 is 16.0. The summed E-state index contributed by atoms with van der Waals surface area (Å²) in [5.74, 6) is 1.44. The van der Waals surface area contributed by atoms with E-state index in [1.54, 1.807) is 12.0 Å². The molecular weight excluding hydrogens is 336 g/mol. The number of benzene rings is 1. The van der Waals surface area contributed by atoms with Gasteiger partial charge in [-0.05, 0) is 25.0 Å². The van der Waals surface area contributed by atoms with E-state index in [2.05, 4.69) is 0 Å². The maximum atomic E-state index is 12.7. The molecule has 0 aromatic heterocycles. The Hall–Kier alpha value is -2.28. The molecule has 1 aromatic rings. The molecule has 7 nitrogen and oxygen atoms in total. The first-order valence-electron chi connectivity index (χ1n) is 8.97. The average molecular weight is 362 g/mol. The summed E-state index contributed by atoms with van der Waals surface area (Å²) in [5.41, 5.74) is 0. The van der Waals surface area contributed by atoms with Crippen LogP contribution in [0.2, 0.25) is 0 Å². The number of rotatable bonds is 6. The molecule has 2 aliphatic heterocycles. The largest absolute Gasteiger partial charge is 0.497 e. The van der Waals surface area contributed by atoms with Gasteiger partial charge in [-0.15, -0.1) is 0 Å². The van der Waals surface area contributed by atoms with E-state index in [-0.39, 0.29) is 30.4 Å². The third-order valence-corrected chi connectivity index (χ3v) is 4.89. The van der Waals surface area contributed by atoms with E-state index in [1.165, 1.54) is 7.11 Å². The van der Waals surface area contributed by atoms with Crippen LogP contribution in [0.15, 0.2) is 24.3 Å². The molecule has 0 saturated carbocycles. The summed E-state index contributed by atoms with van der Waals surface area (Å²) in [6, 6.07) is 7.46. The van der Waals surface area contributed by atoms with Crippen LogP contribution in [0.4, 0.5) is 0 Å². The maximum absolute atomic E-state index is 12.7. The number of hydrogen-bond donors (Lipinski definition) is 0. The van der Waals surface area contributed by atoms with Crippen molar-refractivity contribution in [1.29, 1.82) is 0 Å². The predicted octanol–water partition coefficient (Wildman–Crippen LogP) is 1.17. The Balaban J connectivity index is 1.47. The molecule has 7 heteroatoms. The Morgan fingerprint density at radius 1 is 1.12 bits per heavy atom. The zero-order chi connectivity index (χ0) is 18.5. The summed E-state index contributed by atoms with van der Waals surface area (Å²) in [7, 11) is 3.13. The molecule has 3 rings (SSSR count). The number of ether oxygens (including phenoxy) is 3. The Labute approximate surface area is 153 Å². The molecule has 2 aliphatic rings. The Kier molecular flexibility index (Phi) is 5.98. The van der Waals surface area contributed by atoms with E-state index in [0.29, 0.717) is 26.2 Å². The molecule has 1 atom stereocenters. The van der Waals surface area contributed by atoms with Gasteiger partial charge in [0.25, 0.3) is 0 Å². The van der Waals surface area contributed by atoms with Crippen molar-refractivity contribution in [2.45, 2.75) is 18.9 Å². The summed E-state index contributed by atoms with van der Waals surface area (Å²) in [5, 5.41) is 0. The zero-order valence-corrected chi connectivity index (χ0v) is 15.3. The van der Waals surface area contributed by atoms with Crippen molar-refractivity contribution >= 4 is 11.8 Å². The van der Waals surface area contributed by atoms with Crippen molar-refractivity contribution in [2.75, 3.05) is 47.0 Å². The fraction of sp³-hybridized carbons (Fsp3) is 0.579. The Morgan fingerprint density at radius 2 is 1.88 bits per heavy atom. The van der Waals surface area contributed by atoms with E-state index in [0.717, 1.165) is 24.3 Å². The second kappa shape index (κ2) is 8.40. The molecule has 2 fully saturated rings. The number of carbonyl (C=O) groups is 2. The van der Waals surface area contributed by atoms with Gasteiger partial charge in [-0.2, -0.15) is 0 Å². The van der Waals surface area contributed by atoms with Gasteiger partial charge in [0.2, 0.25) is 11.8 Å². The lowest BCUT2D eigenvalue weighted by atomic mass is 9.94. The average Bonchev–Trinajstić information content (AvgIpc) is 2.64. The second-order valence-electron chi connectivity index (χ2n) is 6.77. The first-order chi connectivity index (χ1) is 12.6. The molecule has 142 valence electrons. The third kappa shape index (κ3) is 4.27. The van der Waals surface area contributed by atoms with E-state index in [4.69, 9.17) is 14.2 Å². The van der Waals surface area contributed by atoms with Crippen LogP contribution in [0.1, 0.15) is 12.8 Å². The van der Waals surface area contributed by atoms with Crippen LogP contribution >= 0.6 is 0 Å². The number of methoxy groups -OCH3 is 2. The van der Waals surface area contributed by atoms with Crippen LogP contribution in [0.5, 0.6) is 11.5 Å². The number of piperidine rings is 1. The first-order valence-corrected chi connectivity index (χ1v) is 8.97. The van der Waals surface area contributed by atoms with Crippen LogP contribution in [-0.4, -0.2) is 74.7 Å². The SMILES string of the molecule is COCC(=O)N1CCC[C@H](C(=O)N2CC(Oc3cccc(OC)c3)C2)C1. The summed E-state index contributed by atoms with van der Waals surface area (Å²) in [6.45, 7) is 2.42. The van der Waals surface area contributed by atoms with Crippen LogP contribution in [0.25, 0.3) is 0 Å².